The fourth-order valence-electron chi connectivity index (χ4n) is 3.01. The van der Waals surface area contributed by atoms with E-state index in [0.29, 0.717) is 0 Å². The number of quaternary nitrogens is 2. The van der Waals surface area contributed by atoms with Crippen molar-refractivity contribution in [3.8, 4) is 0 Å². The minimum Gasteiger partial charge on any atom is -0.322 e. The van der Waals surface area contributed by atoms with Gasteiger partial charge in [0.25, 0.3) is 0 Å². The summed E-state index contributed by atoms with van der Waals surface area (Å²) in [7, 11) is 0. The smallest absolute Gasteiger partial charge is 0.127 e. The molecular weight excluding hydrogens is 326 g/mol. The Balaban J connectivity index is 1.50. The molecule has 0 saturated carbocycles. The standard InChI is InChI=1S/C17H20BrN3/c18-17-4-2-1-3-16(17)14-21-11-9-20(10-12-21)13-15-5-7-19-8-6-15/h1-8H,9-14H2/p+2. The second-order valence-electron chi connectivity index (χ2n) is 5.80. The molecule has 0 aliphatic carbocycles. The monoisotopic (exact) mass is 347 g/mol. The lowest BCUT2D eigenvalue weighted by Gasteiger charge is -2.30. The van der Waals surface area contributed by atoms with Crippen LogP contribution in [0.25, 0.3) is 0 Å². The van der Waals surface area contributed by atoms with Crippen molar-refractivity contribution in [3.05, 3.63) is 64.4 Å². The molecule has 4 heteroatoms. The number of hydrogen-bond acceptors (Lipinski definition) is 1. The lowest BCUT2D eigenvalue weighted by molar-refractivity contribution is -1.02. The number of rotatable bonds is 4. The molecule has 1 fully saturated rings. The highest BCUT2D eigenvalue weighted by Crippen LogP contribution is 2.14. The maximum Gasteiger partial charge on any atom is 0.127 e. The van der Waals surface area contributed by atoms with Crippen LogP contribution >= 0.6 is 15.9 Å². The van der Waals surface area contributed by atoms with Gasteiger partial charge in [-0.2, -0.15) is 0 Å². The van der Waals surface area contributed by atoms with E-state index in [-0.39, 0.29) is 0 Å². The van der Waals surface area contributed by atoms with Gasteiger partial charge in [0, 0.05) is 28.0 Å². The Labute approximate surface area is 134 Å². The van der Waals surface area contributed by atoms with Gasteiger partial charge in [0.05, 0.1) is 0 Å². The predicted molar refractivity (Wildman–Crippen MR) is 87.2 cm³/mol. The van der Waals surface area contributed by atoms with E-state index in [1.807, 2.05) is 12.4 Å². The van der Waals surface area contributed by atoms with E-state index < -0.39 is 0 Å². The third-order valence-electron chi connectivity index (χ3n) is 4.27. The number of pyridine rings is 1. The molecule has 110 valence electrons. The lowest BCUT2D eigenvalue weighted by Crippen LogP contribution is -3.27. The predicted octanol–water partition coefficient (Wildman–Crippen LogP) is 0.328. The van der Waals surface area contributed by atoms with E-state index in [0.717, 1.165) is 13.1 Å². The molecule has 0 bridgehead atoms. The fourth-order valence-corrected chi connectivity index (χ4v) is 3.44. The molecule has 1 aliphatic heterocycles. The van der Waals surface area contributed by atoms with Crippen molar-refractivity contribution in [1.29, 1.82) is 0 Å². The van der Waals surface area contributed by atoms with E-state index >= 15 is 0 Å². The van der Waals surface area contributed by atoms with E-state index in [2.05, 4.69) is 57.3 Å². The molecule has 2 N–H and O–H groups in total. The summed E-state index contributed by atoms with van der Waals surface area (Å²) in [4.78, 5) is 7.47. The van der Waals surface area contributed by atoms with Gasteiger partial charge in [-0.3, -0.25) is 4.98 Å². The van der Waals surface area contributed by atoms with Crippen LogP contribution in [-0.2, 0) is 13.1 Å². The molecule has 0 radical (unpaired) electrons. The first-order chi connectivity index (χ1) is 10.3. The lowest BCUT2D eigenvalue weighted by atomic mass is 10.2. The van der Waals surface area contributed by atoms with Gasteiger partial charge in [0.2, 0.25) is 0 Å². The van der Waals surface area contributed by atoms with Crippen LogP contribution < -0.4 is 9.80 Å². The third kappa shape index (κ3) is 4.13. The normalized spacial score (nSPS) is 22.1. The molecule has 1 saturated heterocycles. The Bertz CT molecular complexity index is 565. The summed E-state index contributed by atoms with van der Waals surface area (Å²) in [6, 6.07) is 12.8. The second kappa shape index (κ2) is 7.16. The zero-order valence-corrected chi connectivity index (χ0v) is 13.8. The molecule has 1 aromatic carbocycles. The molecule has 1 aliphatic rings. The van der Waals surface area contributed by atoms with Crippen LogP contribution in [0.1, 0.15) is 11.1 Å². The zero-order chi connectivity index (χ0) is 14.5. The number of aromatic nitrogens is 1. The maximum absolute atomic E-state index is 4.09. The first-order valence-electron chi connectivity index (χ1n) is 7.61. The van der Waals surface area contributed by atoms with Gasteiger partial charge in [0.15, 0.2) is 0 Å². The summed E-state index contributed by atoms with van der Waals surface area (Å²) < 4.78 is 1.24. The topological polar surface area (TPSA) is 21.8 Å². The molecule has 0 unspecified atom stereocenters. The van der Waals surface area contributed by atoms with Gasteiger partial charge in [0.1, 0.15) is 39.3 Å². The highest BCUT2D eigenvalue weighted by molar-refractivity contribution is 9.10. The van der Waals surface area contributed by atoms with E-state index in [1.165, 1.54) is 41.8 Å². The summed E-state index contributed by atoms with van der Waals surface area (Å²) in [6.07, 6.45) is 3.78. The molecule has 2 heterocycles. The number of nitrogens with one attached hydrogen (secondary N) is 2. The second-order valence-corrected chi connectivity index (χ2v) is 6.65. The van der Waals surface area contributed by atoms with Crippen LogP contribution in [0.2, 0.25) is 0 Å². The minimum atomic E-state index is 1.13. The van der Waals surface area contributed by atoms with Gasteiger partial charge in [-0.05, 0) is 18.2 Å². The highest BCUT2D eigenvalue weighted by Gasteiger charge is 2.23. The summed E-state index contributed by atoms with van der Waals surface area (Å²) >= 11 is 3.65. The molecule has 3 rings (SSSR count). The SMILES string of the molecule is Brc1ccccc1C[NH+]1CC[NH+](Cc2ccncc2)CC1. The average Bonchev–Trinajstić information content (AvgIpc) is 2.52. The van der Waals surface area contributed by atoms with E-state index in [1.54, 1.807) is 9.80 Å². The minimum absolute atomic E-state index is 1.13. The van der Waals surface area contributed by atoms with Crippen molar-refractivity contribution in [2.45, 2.75) is 13.1 Å². The van der Waals surface area contributed by atoms with Crippen molar-refractivity contribution >= 4 is 15.9 Å². The van der Waals surface area contributed by atoms with Crippen LogP contribution in [0.15, 0.2) is 53.3 Å². The van der Waals surface area contributed by atoms with Crippen LogP contribution in [0.4, 0.5) is 0 Å². The Kier molecular flexibility index (Phi) is 5.01. The van der Waals surface area contributed by atoms with Gasteiger partial charge in [-0.25, -0.2) is 0 Å². The summed E-state index contributed by atoms with van der Waals surface area (Å²) in [6.45, 7) is 7.27. The Hall–Kier alpha value is -1.23. The fraction of sp³-hybridized carbons (Fsp3) is 0.353. The summed E-state index contributed by atoms with van der Waals surface area (Å²) in [5.74, 6) is 0. The molecule has 1 aromatic heterocycles. The van der Waals surface area contributed by atoms with Crippen molar-refractivity contribution in [1.82, 2.24) is 4.98 Å². The molecular formula is C17H22BrN3+2. The summed E-state index contributed by atoms with van der Waals surface area (Å²) in [5.41, 5.74) is 2.82. The molecule has 2 aromatic rings. The van der Waals surface area contributed by atoms with Crippen molar-refractivity contribution in [2.24, 2.45) is 0 Å². The van der Waals surface area contributed by atoms with Crippen molar-refractivity contribution in [3.63, 3.8) is 0 Å². The molecule has 0 amide bonds. The number of piperazine rings is 1. The van der Waals surface area contributed by atoms with Gasteiger partial charge in [-0.15, -0.1) is 0 Å². The molecule has 3 nitrogen and oxygen atoms in total. The van der Waals surface area contributed by atoms with E-state index in [4.69, 9.17) is 0 Å². The first-order valence-corrected chi connectivity index (χ1v) is 8.40. The van der Waals surface area contributed by atoms with Gasteiger partial charge in [-0.1, -0.05) is 34.1 Å². The van der Waals surface area contributed by atoms with Crippen molar-refractivity contribution in [2.75, 3.05) is 26.2 Å². The molecule has 0 spiro atoms. The molecule has 21 heavy (non-hydrogen) atoms. The summed E-state index contributed by atoms with van der Waals surface area (Å²) in [5, 5.41) is 0. The zero-order valence-electron chi connectivity index (χ0n) is 12.2. The number of benzene rings is 1. The van der Waals surface area contributed by atoms with Gasteiger partial charge < -0.3 is 9.80 Å². The maximum atomic E-state index is 4.09. The number of nitrogens with zero attached hydrogens (tertiary/aromatic N) is 1. The van der Waals surface area contributed by atoms with Crippen LogP contribution in [0, 0.1) is 0 Å². The Morgan fingerprint density at radius 3 is 2.14 bits per heavy atom. The van der Waals surface area contributed by atoms with Crippen LogP contribution in [0.3, 0.4) is 0 Å². The number of halogens is 1. The quantitative estimate of drug-likeness (QED) is 0.817. The first kappa shape index (κ1) is 14.7. The number of hydrogen-bond donors (Lipinski definition) is 2. The van der Waals surface area contributed by atoms with Crippen molar-refractivity contribution < 1.29 is 9.80 Å². The van der Waals surface area contributed by atoms with Crippen LogP contribution in [-0.4, -0.2) is 31.2 Å². The Morgan fingerprint density at radius 1 is 0.857 bits per heavy atom. The van der Waals surface area contributed by atoms with Crippen LogP contribution in [0.5, 0.6) is 0 Å². The Morgan fingerprint density at radius 2 is 1.48 bits per heavy atom. The highest BCUT2D eigenvalue weighted by atomic mass is 79.9. The van der Waals surface area contributed by atoms with E-state index in [9.17, 15) is 0 Å². The third-order valence-corrected chi connectivity index (χ3v) is 5.04. The van der Waals surface area contributed by atoms with Gasteiger partial charge >= 0.3 is 0 Å². The average molecular weight is 348 g/mol. The largest absolute Gasteiger partial charge is 0.322 e. The molecule has 0 atom stereocenters.